The predicted octanol–water partition coefficient (Wildman–Crippen LogP) is 2.76. The van der Waals surface area contributed by atoms with Gasteiger partial charge < -0.3 is 4.74 Å². The Bertz CT molecular complexity index is 339. The molecule has 0 aromatic carbocycles. The van der Waals surface area contributed by atoms with E-state index in [1.807, 2.05) is 0 Å². The smallest absolute Gasteiger partial charge is 0.202 e. The second-order valence-electron chi connectivity index (χ2n) is 3.13. The maximum Gasteiger partial charge on any atom is 0.202 e. The van der Waals surface area contributed by atoms with E-state index in [0.29, 0.717) is 5.92 Å². The standard InChI is InChI=1S/C9H9ClFNO/c1-13-8-6(5-2-3-5)4-12-9(10)7(8)11/h4-5H,2-3H2,1H3. The molecule has 1 saturated carbocycles. The van der Waals surface area contributed by atoms with Crippen LogP contribution in [0, 0.1) is 5.82 Å². The Balaban J connectivity index is 2.49. The van der Waals surface area contributed by atoms with Crippen molar-refractivity contribution in [1.29, 1.82) is 0 Å². The Kier molecular flexibility index (Phi) is 2.12. The van der Waals surface area contributed by atoms with E-state index in [1.54, 1.807) is 6.20 Å². The molecule has 0 amide bonds. The van der Waals surface area contributed by atoms with Crippen molar-refractivity contribution in [3.63, 3.8) is 0 Å². The molecule has 1 heterocycles. The Labute approximate surface area is 80.7 Å². The summed E-state index contributed by atoms with van der Waals surface area (Å²) in [6.07, 6.45) is 3.76. The lowest BCUT2D eigenvalue weighted by atomic mass is 10.1. The molecule has 2 nitrogen and oxygen atoms in total. The third kappa shape index (κ3) is 1.48. The summed E-state index contributed by atoms with van der Waals surface area (Å²) < 4.78 is 18.3. The summed E-state index contributed by atoms with van der Waals surface area (Å²) in [6.45, 7) is 0. The van der Waals surface area contributed by atoms with Crippen LogP contribution < -0.4 is 4.74 Å². The molecule has 1 fully saturated rings. The Morgan fingerprint density at radius 1 is 1.62 bits per heavy atom. The average molecular weight is 202 g/mol. The molecule has 70 valence electrons. The fourth-order valence-electron chi connectivity index (χ4n) is 1.35. The minimum Gasteiger partial charge on any atom is -0.493 e. The van der Waals surface area contributed by atoms with Crippen molar-refractivity contribution in [3.8, 4) is 5.75 Å². The summed E-state index contributed by atoms with van der Waals surface area (Å²) in [5.41, 5.74) is 0.837. The molecule has 0 saturated heterocycles. The van der Waals surface area contributed by atoms with E-state index in [2.05, 4.69) is 4.98 Å². The number of methoxy groups -OCH3 is 1. The molecular formula is C9H9ClFNO. The molecule has 4 heteroatoms. The first-order valence-electron chi connectivity index (χ1n) is 4.12. The lowest BCUT2D eigenvalue weighted by Gasteiger charge is -2.08. The van der Waals surface area contributed by atoms with Crippen molar-refractivity contribution in [2.24, 2.45) is 0 Å². The normalized spacial score (nSPS) is 15.9. The van der Waals surface area contributed by atoms with Gasteiger partial charge in [-0.15, -0.1) is 0 Å². The highest BCUT2D eigenvalue weighted by atomic mass is 35.5. The summed E-state index contributed by atoms with van der Waals surface area (Å²) >= 11 is 5.52. The Hall–Kier alpha value is -0.830. The van der Waals surface area contributed by atoms with Gasteiger partial charge in [-0.1, -0.05) is 11.6 Å². The van der Waals surface area contributed by atoms with Crippen molar-refractivity contribution in [1.82, 2.24) is 4.98 Å². The van der Waals surface area contributed by atoms with Crippen LogP contribution in [0.3, 0.4) is 0 Å². The Morgan fingerprint density at radius 3 is 2.85 bits per heavy atom. The van der Waals surface area contributed by atoms with E-state index in [1.165, 1.54) is 7.11 Å². The van der Waals surface area contributed by atoms with Crippen LogP contribution in [0.15, 0.2) is 6.20 Å². The van der Waals surface area contributed by atoms with Crippen molar-refractivity contribution >= 4 is 11.6 Å². The monoisotopic (exact) mass is 201 g/mol. The maximum absolute atomic E-state index is 13.3. The van der Waals surface area contributed by atoms with Gasteiger partial charge in [0.05, 0.1) is 7.11 Å². The number of nitrogens with zero attached hydrogens (tertiary/aromatic N) is 1. The first-order valence-corrected chi connectivity index (χ1v) is 4.49. The van der Waals surface area contributed by atoms with Gasteiger partial charge in [-0.3, -0.25) is 0 Å². The Morgan fingerprint density at radius 2 is 2.31 bits per heavy atom. The van der Waals surface area contributed by atoms with Gasteiger partial charge in [-0.05, 0) is 18.8 Å². The fraction of sp³-hybridized carbons (Fsp3) is 0.444. The van der Waals surface area contributed by atoms with E-state index in [9.17, 15) is 4.39 Å². The van der Waals surface area contributed by atoms with E-state index in [-0.39, 0.29) is 10.9 Å². The highest BCUT2D eigenvalue weighted by molar-refractivity contribution is 6.29. The second kappa shape index (κ2) is 3.14. The molecule has 2 rings (SSSR count). The van der Waals surface area contributed by atoms with Crippen molar-refractivity contribution in [2.75, 3.05) is 7.11 Å². The van der Waals surface area contributed by atoms with Crippen LogP contribution in [0.5, 0.6) is 5.75 Å². The van der Waals surface area contributed by atoms with Crippen LogP contribution in [0.2, 0.25) is 5.15 Å². The van der Waals surface area contributed by atoms with E-state index < -0.39 is 5.82 Å². The molecule has 0 radical (unpaired) electrons. The molecule has 1 aliphatic rings. The average Bonchev–Trinajstić information content (AvgIpc) is 2.92. The van der Waals surface area contributed by atoms with Gasteiger partial charge in [0.1, 0.15) is 0 Å². The summed E-state index contributed by atoms with van der Waals surface area (Å²) in [7, 11) is 1.45. The van der Waals surface area contributed by atoms with Crippen LogP contribution >= 0.6 is 11.6 Å². The van der Waals surface area contributed by atoms with Crippen LogP contribution in [-0.4, -0.2) is 12.1 Å². The van der Waals surface area contributed by atoms with E-state index >= 15 is 0 Å². The molecule has 1 aliphatic carbocycles. The number of halogens is 2. The molecule has 0 unspecified atom stereocenters. The first kappa shape index (κ1) is 8.75. The minimum absolute atomic E-state index is 0.124. The first-order chi connectivity index (χ1) is 6.24. The summed E-state index contributed by atoms with van der Waals surface area (Å²) in [5, 5.41) is -0.124. The second-order valence-corrected chi connectivity index (χ2v) is 3.48. The van der Waals surface area contributed by atoms with Gasteiger partial charge >= 0.3 is 0 Å². The number of rotatable bonds is 2. The number of ether oxygens (including phenoxy) is 1. The molecule has 0 atom stereocenters. The van der Waals surface area contributed by atoms with Gasteiger partial charge in [0, 0.05) is 11.8 Å². The van der Waals surface area contributed by atoms with Crippen LogP contribution in [0.1, 0.15) is 24.3 Å². The van der Waals surface area contributed by atoms with Crippen LogP contribution in [-0.2, 0) is 0 Å². The molecule has 1 aromatic rings. The zero-order valence-corrected chi connectivity index (χ0v) is 7.94. The van der Waals surface area contributed by atoms with Gasteiger partial charge in [0.15, 0.2) is 10.9 Å². The van der Waals surface area contributed by atoms with Crippen molar-refractivity contribution < 1.29 is 9.13 Å². The lowest BCUT2D eigenvalue weighted by molar-refractivity contribution is 0.380. The topological polar surface area (TPSA) is 22.1 Å². The molecule has 1 aromatic heterocycles. The van der Waals surface area contributed by atoms with Gasteiger partial charge in [0.2, 0.25) is 5.82 Å². The van der Waals surface area contributed by atoms with E-state index in [4.69, 9.17) is 16.3 Å². The van der Waals surface area contributed by atoms with Gasteiger partial charge in [-0.2, -0.15) is 4.39 Å². The molecule has 13 heavy (non-hydrogen) atoms. The fourth-order valence-corrected chi connectivity index (χ4v) is 1.49. The zero-order valence-electron chi connectivity index (χ0n) is 7.18. The summed E-state index contributed by atoms with van der Waals surface area (Å²) in [5.74, 6) is 0.116. The third-order valence-electron chi connectivity index (χ3n) is 2.18. The molecular weight excluding hydrogens is 193 g/mol. The van der Waals surface area contributed by atoms with Crippen LogP contribution in [0.4, 0.5) is 4.39 Å². The number of hydrogen-bond donors (Lipinski definition) is 0. The molecule has 0 bridgehead atoms. The van der Waals surface area contributed by atoms with Gasteiger partial charge in [-0.25, -0.2) is 4.98 Å². The minimum atomic E-state index is -0.548. The highest BCUT2D eigenvalue weighted by Crippen LogP contribution is 2.45. The largest absolute Gasteiger partial charge is 0.493 e. The zero-order chi connectivity index (χ0) is 9.42. The van der Waals surface area contributed by atoms with Gasteiger partial charge in [0.25, 0.3) is 0 Å². The summed E-state index contributed by atoms with van der Waals surface area (Å²) in [6, 6.07) is 0. The van der Waals surface area contributed by atoms with Crippen molar-refractivity contribution in [2.45, 2.75) is 18.8 Å². The lowest BCUT2D eigenvalue weighted by Crippen LogP contribution is -1.96. The molecule has 0 aliphatic heterocycles. The van der Waals surface area contributed by atoms with E-state index in [0.717, 1.165) is 18.4 Å². The SMILES string of the molecule is COc1c(C2CC2)cnc(Cl)c1F. The quantitative estimate of drug-likeness (QED) is 0.687. The predicted molar refractivity (Wildman–Crippen MR) is 47.7 cm³/mol. The maximum atomic E-state index is 13.3. The number of pyridine rings is 1. The number of aromatic nitrogens is 1. The highest BCUT2D eigenvalue weighted by Gasteiger charge is 2.29. The molecule has 0 N–H and O–H groups in total. The third-order valence-corrected chi connectivity index (χ3v) is 2.44. The van der Waals surface area contributed by atoms with Crippen molar-refractivity contribution in [3.05, 3.63) is 22.7 Å². The number of hydrogen-bond acceptors (Lipinski definition) is 2. The molecule has 0 spiro atoms. The summed E-state index contributed by atoms with van der Waals surface area (Å²) in [4.78, 5) is 3.76. The van der Waals surface area contributed by atoms with Crippen LogP contribution in [0.25, 0.3) is 0 Å².